The maximum atomic E-state index is 13.0. The van der Waals surface area contributed by atoms with Crippen molar-refractivity contribution in [3.63, 3.8) is 0 Å². The highest BCUT2D eigenvalue weighted by molar-refractivity contribution is 7.60. The van der Waals surface area contributed by atoms with E-state index in [0.717, 1.165) is 32.4 Å². The van der Waals surface area contributed by atoms with E-state index in [4.69, 9.17) is 0 Å². The highest BCUT2D eigenvalue weighted by atomic mass is 31.1. The number of hydrogen-bond donors (Lipinski definition) is 0. The van der Waals surface area contributed by atoms with Gasteiger partial charge in [0, 0.05) is 59.9 Å². The third-order valence-electron chi connectivity index (χ3n) is 6.58. The van der Waals surface area contributed by atoms with E-state index in [9.17, 15) is 9.18 Å². The van der Waals surface area contributed by atoms with Crippen LogP contribution in [0.2, 0.25) is 0 Å². The van der Waals surface area contributed by atoms with Gasteiger partial charge in [-0.1, -0.05) is 18.6 Å². The Hall–Kier alpha value is -1.97. The van der Waals surface area contributed by atoms with Crippen molar-refractivity contribution in [3.05, 3.63) is 59.4 Å². The Kier molecular flexibility index (Phi) is 6.93. The van der Waals surface area contributed by atoms with Crippen molar-refractivity contribution in [2.24, 2.45) is 0 Å². The summed E-state index contributed by atoms with van der Waals surface area (Å²) in [5, 5.41) is 0. The van der Waals surface area contributed by atoms with Gasteiger partial charge in [0.25, 0.3) is 0 Å². The lowest BCUT2D eigenvalue weighted by Gasteiger charge is -2.37. The second-order valence-corrected chi connectivity index (χ2v) is 11.4. The highest BCUT2D eigenvalue weighted by Crippen LogP contribution is 2.66. The number of anilines is 2. The average molecular weight is 442 g/mol. The van der Waals surface area contributed by atoms with E-state index in [0.29, 0.717) is 17.6 Å². The van der Waals surface area contributed by atoms with E-state index < -0.39 is 0 Å². The number of hydrogen-bond acceptors (Lipinski definition) is 4. The largest absolute Gasteiger partial charge is 0.376 e. The van der Waals surface area contributed by atoms with Gasteiger partial charge in [0.2, 0.25) is 0 Å². The Morgan fingerprint density at radius 3 is 2.65 bits per heavy atom. The van der Waals surface area contributed by atoms with E-state index in [1.54, 1.807) is 12.1 Å². The summed E-state index contributed by atoms with van der Waals surface area (Å²) in [6.07, 6.45) is 4.90. The van der Waals surface area contributed by atoms with Gasteiger partial charge in [-0.05, 0) is 61.4 Å². The van der Waals surface area contributed by atoms with Gasteiger partial charge in [0.1, 0.15) is 5.82 Å². The average Bonchev–Trinajstić information content (AvgIpc) is 3.05. The summed E-state index contributed by atoms with van der Waals surface area (Å²) in [5.41, 5.74) is 5.55. The second kappa shape index (κ2) is 9.67. The first-order valence-corrected chi connectivity index (χ1v) is 12.8. The van der Waals surface area contributed by atoms with E-state index >= 15 is 0 Å². The van der Waals surface area contributed by atoms with Crippen molar-refractivity contribution < 1.29 is 9.18 Å². The number of ketones is 1. The normalized spacial score (nSPS) is 20.5. The molecule has 0 saturated carbocycles. The summed E-state index contributed by atoms with van der Waals surface area (Å²) >= 11 is 0. The third kappa shape index (κ3) is 4.78. The minimum absolute atomic E-state index is 0.117. The molecule has 2 aliphatic rings. The molecule has 0 radical (unpaired) electrons. The molecule has 1 fully saturated rings. The molecule has 2 atom stereocenters. The van der Waals surface area contributed by atoms with Crippen LogP contribution >= 0.6 is 8.07 Å². The van der Waals surface area contributed by atoms with Crippen LogP contribution in [0.4, 0.5) is 15.8 Å². The number of nitrogens with zero attached hydrogens (tertiary/aromatic N) is 3. The number of benzene rings is 2. The van der Waals surface area contributed by atoms with Gasteiger partial charge >= 0.3 is 0 Å². The van der Waals surface area contributed by atoms with Crippen molar-refractivity contribution in [3.8, 4) is 0 Å². The van der Waals surface area contributed by atoms with Crippen molar-refractivity contribution in [2.45, 2.75) is 31.3 Å². The summed E-state index contributed by atoms with van der Waals surface area (Å²) in [7, 11) is 6.40. The quantitative estimate of drug-likeness (QED) is 0.305. The first-order valence-electron chi connectivity index (χ1n) is 11.3. The first kappa shape index (κ1) is 22.2. The Morgan fingerprint density at radius 1 is 1.13 bits per heavy atom. The summed E-state index contributed by atoms with van der Waals surface area (Å²) in [4.78, 5) is 17.1. The van der Waals surface area contributed by atoms with Gasteiger partial charge in [-0.15, -0.1) is 0 Å². The predicted molar refractivity (Wildman–Crippen MR) is 129 cm³/mol. The Bertz CT molecular complexity index is 917. The van der Waals surface area contributed by atoms with Crippen molar-refractivity contribution in [1.82, 2.24) is 4.90 Å². The molecule has 31 heavy (non-hydrogen) atoms. The fourth-order valence-electron chi connectivity index (χ4n) is 4.89. The molecule has 2 aliphatic heterocycles. The molecule has 2 unspecified atom stereocenters. The van der Waals surface area contributed by atoms with Crippen LogP contribution in [0.3, 0.4) is 0 Å². The third-order valence-corrected chi connectivity index (χ3v) is 9.37. The molecule has 4 rings (SSSR count). The summed E-state index contributed by atoms with van der Waals surface area (Å²) in [5.74, 6) is -0.179. The molecule has 0 N–H and O–H groups in total. The molecule has 1 saturated heterocycles. The summed E-state index contributed by atoms with van der Waals surface area (Å²) in [6.45, 7) is 3.43. The predicted octanol–water partition coefficient (Wildman–Crippen LogP) is 5.54. The second-order valence-electron chi connectivity index (χ2n) is 8.85. The van der Waals surface area contributed by atoms with Gasteiger partial charge in [-0.25, -0.2) is 4.39 Å². The minimum Gasteiger partial charge on any atom is -0.376 e. The first-order chi connectivity index (χ1) is 15.0. The number of unbranched alkanes of at least 4 members (excludes halogenated alkanes) is 2. The molecular weight excluding hydrogens is 408 g/mol. The maximum Gasteiger partial charge on any atom is 0.162 e. The number of carbonyl (C=O) groups excluding carboxylic acids is 1. The number of para-hydroxylation sites is 1. The molecule has 166 valence electrons. The van der Waals surface area contributed by atoms with Crippen LogP contribution in [-0.4, -0.2) is 57.6 Å². The molecule has 2 heterocycles. The van der Waals surface area contributed by atoms with E-state index in [-0.39, 0.29) is 19.7 Å². The van der Waals surface area contributed by atoms with Gasteiger partial charge < -0.3 is 14.5 Å². The van der Waals surface area contributed by atoms with Gasteiger partial charge in [0.05, 0.1) is 11.4 Å². The monoisotopic (exact) mass is 441 g/mol. The molecule has 0 spiro atoms. The standard InChI is InChI=1S/C25H33FN3OP/c1-27(2)22-9-7-8-21-24-18-29(16-17-31(24)28(3)25(21)22)15-6-4-5-10-23(30)19-11-13-20(26)14-12-19/h7-9,11-14,24H,4-6,10,15-18H2,1-3H3. The van der Waals surface area contributed by atoms with Crippen LogP contribution < -0.4 is 9.57 Å². The fraction of sp³-hybridized carbons (Fsp3) is 0.480. The Balaban J connectivity index is 1.26. The molecule has 6 heteroatoms. The molecule has 0 aromatic heterocycles. The molecule has 2 aromatic carbocycles. The topological polar surface area (TPSA) is 26.8 Å². The van der Waals surface area contributed by atoms with Crippen LogP contribution in [-0.2, 0) is 0 Å². The molecular formula is C25H33FN3OP. The summed E-state index contributed by atoms with van der Waals surface area (Å²) in [6, 6.07) is 12.7. The van der Waals surface area contributed by atoms with Gasteiger partial charge in [-0.2, -0.15) is 0 Å². The van der Waals surface area contributed by atoms with Crippen LogP contribution in [0.15, 0.2) is 42.5 Å². The van der Waals surface area contributed by atoms with E-state index in [1.165, 1.54) is 41.8 Å². The minimum atomic E-state index is -0.296. The van der Waals surface area contributed by atoms with Crippen molar-refractivity contribution in [2.75, 3.05) is 56.5 Å². The van der Waals surface area contributed by atoms with E-state index in [2.05, 4.69) is 53.8 Å². The molecule has 0 aliphatic carbocycles. The number of Topliss-reactive ketones (excluding diaryl/α,β-unsaturated/α-hetero) is 1. The summed E-state index contributed by atoms with van der Waals surface area (Å²) < 4.78 is 15.6. The molecule has 0 amide bonds. The van der Waals surface area contributed by atoms with E-state index in [1.807, 2.05) is 0 Å². The zero-order chi connectivity index (χ0) is 22.0. The molecule has 0 bridgehead atoms. The maximum absolute atomic E-state index is 13.0. The zero-order valence-corrected chi connectivity index (χ0v) is 19.7. The lowest BCUT2D eigenvalue weighted by molar-refractivity contribution is 0.0978. The van der Waals surface area contributed by atoms with Crippen LogP contribution in [0.1, 0.15) is 47.3 Å². The lowest BCUT2D eigenvalue weighted by Crippen LogP contribution is -2.36. The number of fused-ring (bicyclic) bond motifs is 3. The van der Waals surface area contributed by atoms with Crippen molar-refractivity contribution >= 4 is 25.2 Å². The van der Waals surface area contributed by atoms with Crippen LogP contribution in [0.5, 0.6) is 0 Å². The van der Waals surface area contributed by atoms with Gasteiger partial charge in [0.15, 0.2) is 5.78 Å². The number of carbonyl (C=O) groups is 1. The lowest BCUT2D eigenvalue weighted by atomic mass is 10.0. The number of rotatable bonds is 8. The van der Waals surface area contributed by atoms with Gasteiger partial charge in [-0.3, -0.25) is 4.79 Å². The van der Waals surface area contributed by atoms with Crippen molar-refractivity contribution in [1.29, 1.82) is 0 Å². The molecule has 2 aromatic rings. The SMILES string of the molecule is CN(C)c1cccc2c1N(C)P1CCN(CCCCCC(=O)c3ccc(F)cc3)CC21. The Morgan fingerprint density at radius 2 is 1.90 bits per heavy atom. The Labute approximate surface area is 186 Å². The van der Waals surface area contributed by atoms with Crippen LogP contribution in [0.25, 0.3) is 0 Å². The smallest absolute Gasteiger partial charge is 0.162 e. The highest BCUT2D eigenvalue weighted by Gasteiger charge is 2.41. The molecule has 4 nitrogen and oxygen atoms in total. The number of halogens is 1. The zero-order valence-electron chi connectivity index (χ0n) is 18.9. The fourth-order valence-corrected chi connectivity index (χ4v) is 7.83. The van der Waals surface area contributed by atoms with Crippen LogP contribution in [0, 0.1) is 5.82 Å².